The van der Waals surface area contributed by atoms with Gasteiger partial charge in [0.05, 0.1) is 12.8 Å². The first kappa shape index (κ1) is 24.9. The average Bonchev–Trinajstić information content (AvgIpc) is 2.87. The van der Waals surface area contributed by atoms with Crippen molar-refractivity contribution in [2.45, 2.75) is 26.6 Å². The molecule has 0 aromatic heterocycles. The van der Waals surface area contributed by atoms with Crippen molar-refractivity contribution >= 4 is 35.8 Å². The Labute approximate surface area is 201 Å². The van der Waals surface area contributed by atoms with Crippen LogP contribution >= 0.6 is 0 Å². The molecule has 176 valence electrons. The lowest BCUT2D eigenvalue weighted by Gasteiger charge is -2.24. The Bertz CT molecular complexity index is 1190. The largest absolute Gasteiger partial charge is 0.464 e. The molecule has 34 heavy (non-hydrogen) atoms. The van der Waals surface area contributed by atoms with Crippen molar-refractivity contribution in [3.05, 3.63) is 95.6 Å². The molecule has 0 aliphatic carbocycles. The van der Waals surface area contributed by atoms with Crippen molar-refractivity contribution in [1.29, 1.82) is 0 Å². The van der Waals surface area contributed by atoms with E-state index in [1.54, 1.807) is 6.07 Å². The molecule has 0 unspecified atom stereocenters. The highest BCUT2D eigenvalue weighted by Gasteiger charge is 2.26. The summed E-state index contributed by atoms with van der Waals surface area (Å²) in [5.41, 5.74) is 3.17. The maximum absolute atomic E-state index is 12.1. The van der Waals surface area contributed by atoms with E-state index in [1.807, 2.05) is 37.3 Å². The summed E-state index contributed by atoms with van der Waals surface area (Å²) in [5.74, 6) is -0.587. The fourth-order valence-electron chi connectivity index (χ4n) is 3.67. The van der Waals surface area contributed by atoms with Crippen molar-refractivity contribution in [1.82, 2.24) is 0 Å². The highest BCUT2D eigenvalue weighted by molar-refractivity contribution is 7.00. The summed E-state index contributed by atoms with van der Waals surface area (Å²) in [4.78, 5) is 22.6. The molecule has 0 radical (unpaired) electrons. The third-order valence-corrected chi connectivity index (χ3v) is 9.28. The van der Waals surface area contributed by atoms with E-state index >= 15 is 0 Å². The van der Waals surface area contributed by atoms with E-state index in [4.69, 9.17) is 14.4 Å². The van der Waals surface area contributed by atoms with Crippen LogP contribution in [0.3, 0.4) is 0 Å². The van der Waals surface area contributed by atoms with Gasteiger partial charge in [-0.3, -0.25) is 0 Å². The number of nitrogens with zero attached hydrogens (tertiary/aromatic N) is 2. The predicted molar refractivity (Wildman–Crippen MR) is 139 cm³/mol. The minimum Gasteiger partial charge on any atom is -0.464 e. The molecule has 0 N–H and O–H groups in total. The summed E-state index contributed by atoms with van der Waals surface area (Å²) < 4.78 is 4.83. The van der Waals surface area contributed by atoms with Crippen LogP contribution in [0.25, 0.3) is 0 Å². The molecule has 3 rings (SSSR count). The number of hydrogen-bond acceptors (Lipinski definition) is 6. The van der Waals surface area contributed by atoms with Crippen molar-refractivity contribution in [3.8, 4) is 0 Å². The van der Waals surface area contributed by atoms with Gasteiger partial charge in [0.1, 0.15) is 21.8 Å². The third kappa shape index (κ3) is 5.79. The van der Waals surface area contributed by atoms with Gasteiger partial charge < -0.3 is 14.4 Å². The molecule has 0 aliphatic rings. The summed E-state index contributed by atoms with van der Waals surface area (Å²) in [6.45, 7) is 6.79. The standard InChI is InChI=1S/C27H30N2O4Si/c1-20(21-13-11-16-24(18-21)34(4,5)23-14-7-6-8-15-23)28-33-19-22-12-9-10-17-25(22)26(29-32-3)27(30)31-2/h6-18H,19H2,1-5H3. The number of hydrogen-bond donors (Lipinski definition) is 0. The number of carbonyl (C=O) groups excluding carboxylic acids is 1. The van der Waals surface area contributed by atoms with Crippen molar-refractivity contribution < 1.29 is 19.2 Å². The number of oxime groups is 2. The topological polar surface area (TPSA) is 69.5 Å². The highest BCUT2D eigenvalue weighted by atomic mass is 28.3. The molecular weight excluding hydrogens is 444 g/mol. The van der Waals surface area contributed by atoms with Crippen LogP contribution < -0.4 is 10.4 Å². The van der Waals surface area contributed by atoms with Crippen LogP contribution in [-0.4, -0.2) is 39.7 Å². The van der Waals surface area contributed by atoms with Crippen molar-refractivity contribution in [2.24, 2.45) is 10.3 Å². The van der Waals surface area contributed by atoms with Crippen molar-refractivity contribution in [3.63, 3.8) is 0 Å². The van der Waals surface area contributed by atoms with Crippen LogP contribution in [0.5, 0.6) is 0 Å². The number of benzene rings is 3. The molecule has 0 atom stereocenters. The molecule has 0 saturated heterocycles. The van der Waals surface area contributed by atoms with Gasteiger partial charge in [-0.1, -0.05) is 113 Å². The zero-order chi connectivity index (χ0) is 24.6. The molecule has 3 aromatic carbocycles. The number of methoxy groups -OCH3 is 1. The van der Waals surface area contributed by atoms with Gasteiger partial charge in [-0.05, 0) is 12.5 Å². The molecule has 0 fully saturated rings. The Morgan fingerprint density at radius 1 is 0.853 bits per heavy atom. The second-order valence-electron chi connectivity index (χ2n) is 8.29. The average molecular weight is 475 g/mol. The molecule has 0 aliphatic heterocycles. The quantitative estimate of drug-likeness (QED) is 0.204. The van der Waals surface area contributed by atoms with Gasteiger partial charge in [-0.2, -0.15) is 0 Å². The normalized spacial score (nSPS) is 12.3. The second kappa shape index (κ2) is 11.4. The number of carbonyl (C=O) groups is 1. The van der Waals surface area contributed by atoms with E-state index in [0.29, 0.717) is 5.56 Å². The summed E-state index contributed by atoms with van der Waals surface area (Å²) in [6.07, 6.45) is 0. The highest BCUT2D eigenvalue weighted by Crippen LogP contribution is 2.14. The van der Waals surface area contributed by atoms with Crippen LogP contribution in [0.15, 0.2) is 89.2 Å². The van der Waals surface area contributed by atoms with Gasteiger partial charge in [0.25, 0.3) is 0 Å². The fraction of sp³-hybridized carbons (Fsp3) is 0.222. The summed E-state index contributed by atoms with van der Waals surface area (Å²) in [5, 5.41) is 10.9. The zero-order valence-electron chi connectivity index (χ0n) is 20.2. The lowest BCUT2D eigenvalue weighted by molar-refractivity contribution is -0.132. The molecule has 0 heterocycles. The third-order valence-electron chi connectivity index (χ3n) is 5.75. The first-order valence-corrected chi connectivity index (χ1v) is 14.0. The van der Waals surface area contributed by atoms with E-state index in [2.05, 4.69) is 65.9 Å². The SMILES string of the molecule is CON=C(C(=O)OC)c1ccccc1CON=C(C)c1cccc([Si](C)(C)c2ccccc2)c1. The van der Waals surface area contributed by atoms with Gasteiger partial charge in [0, 0.05) is 11.1 Å². The van der Waals surface area contributed by atoms with E-state index in [0.717, 1.165) is 16.8 Å². The molecule has 6 nitrogen and oxygen atoms in total. The summed E-state index contributed by atoms with van der Waals surface area (Å²) in [7, 11) is 0.859. The lowest BCUT2D eigenvalue weighted by atomic mass is 10.0. The van der Waals surface area contributed by atoms with Gasteiger partial charge in [0.15, 0.2) is 5.71 Å². The van der Waals surface area contributed by atoms with Gasteiger partial charge in [-0.25, -0.2) is 4.79 Å². The van der Waals surface area contributed by atoms with Crippen molar-refractivity contribution in [2.75, 3.05) is 14.2 Å². The molecule has 0 bridgehead atoms. The van der Waals surface area contributed by atoms with Crippen LogP contribution in [-0.2, 0) is 25.8 Å². The van der Waals surface area contributed by atoms with Crippen LogP contribution in [0.2, 0.25) is 13.1 Å². The molecule has 0 amide bonds. The first-order chi connectivity index (χ1) is 16.4. The van der Waals surface area contributed by atoms with E-state index in [9.17, 15) is 4.79 Å². The Kier molecular flexibility index (Phi) is 8.37. The maximum Gasteiger partial charge on any atom is 0.360 e. The molecule has 7 heteroatoms. The monoisotopic (exact) mass is 474 g/mol. The predicted octanol–water partition coefficient (Wildman–Crippen LogP) is 3.97. The Morgan fingerprint density at radius 3 is 2.24 bits per heavy atom. The van der Waals surface area contributed by atoms with Gasteiger partial charge >= 0.3 is 5.97 Å². The first-order valence-electron chi connectivity index (χ1n) is 11.0. The molecular formula is C27H30N2O4Si. The number of ether oxygens (including phenoxy) is 1. The van der Waals surface area contributed by atoms with Crippen LogP contribution in [0.4, 0.5) is 0 Å². The Morgan fingerprint density at radius 2 is 1.53 bits per heavy atom. The van der Waals surface area contributed by atoms with E-state index in [1.165, 1.54) is 24.6 Å². The number of esters is 1. The zero-order valence-corrected chi connectivity index (χ0v) is 21.2. The molecule has 3 aromatic rings. The van der Waals surface area contributed by atoms with E-state index < -0.39 is 14.0 Å². The second-order valence-corrected chi connectivity index (χ2v) is 12.7. The van der Waals surface area contributed by atoms with Gasteiger partial charge in [-0.15, -0.1) is 0 Å². The molecule has 0 saturated carbocycles. The lowest BCUT2D eigenvalue weighted by Crippen LogP contribution is -2.52. The smallest absolute Gasteiger partial charge is 0.360 e. The van der Waals surface area contributed by atoms with Gasteiger partial charge in [0.2, 0.25) is 0 Å². The Hall–Kier alpha value is -3.71. The minimum atomic E-state index is -1.82. The molecule has 0 spiro atoms. The fourth-order valence-corrected chi connectivity index (χ4v) is 6.06. The van der Waals surface area contributed by atoms with E-state index in [-0.39, 0.29) is 12.3 Å². The maximum atomic E-state index is 12.1. The minimum absolute atomic E-state index is 0.0747. The summed E-state index contributed by atoms with van der Waals surface area (Å²) >= 11 is 0. The number of rotatable bonds is 9. The Balaban J connectivity index is 1.80. The van der Waals surface area contributed by atoms with Crippen LogP contribution in [0.1, 0.15) is 23.6 Å². The summed E-state index contributed by atoms with van der Waals surface area (Å²) in [6, 6.07) is 26.4. The van der Waals surface area contributed by atoms with Crippen LogP contribution in [0, 0.1) is 0 Å².